The number of nitrogens with zero attached hydrogens (tertiary/aromatic N) is 2. The summed E-state index contributed by atoms with van der Waals surface area (Å²) >= 11 is 0. The molecule has 0 aliphatic heterocycles. The molecule has 0 saturated heterocycles. The summed E-state index contributed by atoms with van der Waals surface area (Å²) in [6.45, 7) is 0.737. The Morgan fingerprint density at radius 1 is 1.40 bits per heavy atom. The quantitative estimate of drug-likeness (QED) is 0.451. The van der Waals surface area contributed by atoms with Gasteiger partial charge < -0.3 is 14.7 Å². The van der Waals surface area contributed by atoms with Crippen molar-refractivity contribution in [1.82, 2.24) is 0 Å². The van der Waals surface area contributed by atoms with E-state index in [0.29, 0.717) is 13.0 Å². The van der Waals surface area contributed by atoms with Gasteiger partial charge in [0.15, 0.2) is 11.6 Å². The maximum Gasteiger partial charge on any atom is 0.313 e. The van der Waals surface area contributed by atoms with Crippen molar-refractivity contribution in [2.75, 3.05) is 32.2 Å². The van der Waals surface area contributed by atoms with E-state index in [1.54, 1.807) is 11.9 Å². The predicted octanol–water partition coefficient (Wildman–Crippen LogP) is 2.34. The molecule has 1 rings (SSSR count). The molecule has 1 N–H and O–H groups in total. The second kappa shape index (κ2) is 7.64. The van der Waals surface area contributed by atoms with E-state index in [4.69, 9.17) is 9.84 Å². The summed E-state index contributed by atoms with van der Waals surface area (Å²) in [5, 5.41) is 19.5. The first kappa shape index (κ1) is 16.2. The van der Waals surface area contributed by atoms with Crippen LogP contribution in [0, 0.1) is 15.9 Å². The molecule has 0 fully saturated rings. The summed E-state index contributed by atoms with van der Waals surface area (Å²) in [5.74, 6) is -0.615. The molecule has 7 heteroatoms. The summed E-state index contributed by atoms with van der Waals surface area (Å²) in [5.41, 5.74) is -0.126. The summed E-state index contributed by atoms with van der Waals surface area (Å²) in [4.78, 5) is 11.8. The molecule has 0 atom stereocenters. The zero-order valence-corrected chi connectivity index (χ0v) is 11.6. The van der Waals surface area contributed by atoms with Crippen LogP contribution in [0.2, 0.25) is 0 Å². The molecule has 0 saturated carbocycles. The molecule has 0 spiro atoms. The number of unbranched alkanes of at least 4 members (excludes halogenated alkanes) is 2. The Morgan fingerprint density at radius 3 is 2.65 bits per heavy atom. The molecule has 0 amide bonds. The minimum Gasteiger partial charge on any atom is -0.490 e. The highest BCUT2D eigenvalue weighted by atomic mass is 19.1. The van der Waals surface area contributed by atoms with Crippen molar-refractivity contribution in [2.45, 2.75) is 19.3 Å². The summed E-state index contributed by atoms with van der Waals surface area (Å²) in [6, 6.07) is 2.21. The third-order valence-corrected chi connectivity index (χ3v) is 3.01. The Bertz CT molecular complexity index is 468. The van der Waals surface area contributed by atoms with Gasteiger partial charge in [-0.05, 0) is 19.3 Å². The molecule has 0 aliphatic rings. The normalized spacial score (nSPS) is 10.4. The van der Waals surface area contributed by atoms with E-state index in [2.05, 4.69) is 0 Å². The number of rotatable bonds is 8. The zero-order chi connectivity index (χ0) is 15.1. The van der Waals surface area contributed by atoms with Crippen molar-refractivity contribution in [1.29, 1.82) is 0 Å². The first-order valence-electron chi connectivity index (χ1n) is 6.35. The predicted molar refractivity (Wildman–Crippen MR) is 73.8 cm³/mol. The van der Waals surface area contributed by atoms with Crippen LogP contribution >= 0.6 is 0 Å². The Morgan fingerprint density at radius 2 is 2.10 bits per heavy atom. The summed E-state index contributed by atoms with van der Waals surface area (Å²) in [7, 11) is 3.02. The van der Waals surface area contributed by atoms with Gasteiger partial charge in [-0.15, -0.1) is 0 Å². The maximum absolute atomic E-state index is 13.9. The molecule has 6 nitrogen and oxygen atoms in total. The van der Waals surface area contributed by atoms with Gasteiger partial charge in [-0.25, -0.2) is 4.39 Å². The van der Waals surface area contributed by atoms with Crippen LogP contribution in [-0.2, 0) is 0 Å². The van der Waals surface area contributed by atoms with E-state index < -0.39 is 10.7 Å². The molecule has 0 aromatic heterocycles. The van der Waals surface area contributed by atoms with Gasteiger partial charge in [0.2, 0.25) is 0 Å². The molecule has 112 valence electrons. The van der Waals surface area contributed by atoms with Crippen LogP contribution in [0.4, 0.5) is 15.8 Å². The van der Waals surface area contributed by atoms with Crippen LogP contribution in [0.3, 0.4) is 0 Å². The van der Waals surface area contributed by atoms with E-state index in [-0.39, 0.29) is 23.7 Å². The van der Waals surface area contributed by atoms with E-state index in [9.17, 15) is 14.5 Å². The van der Waals surface area contributed by atoms with Gasteiger partial charge in [0, 0.05) is 26.3 Å². The fourth-order valence-electron chi connectivity index (χ4n) is 1.89. The number of nitro benzene ring substituents is 1. The monoisotopic (exact) mass is 286 g/mol. The first-order chi connectivity index (χ1) is 9.51. The lowest BCUT2D eigenvalue weighted by atomic mass is 10.2. The number of nitro groups is 1. The highest BCUT2D eigenvalue weighted by Gasteiger charge is 2.20. The smallest absolute Gasteiger partial charge is 0.313 e. The number of aliphatic hydroxyl groups is 1. The van der Waals surface area contributed by atoms with Crippen LogP contribution in [0.5, 0.6) is 5.75 Å². The number of halogens is 1. The highest BCUT2D eigenvalue weighted by Crippen LogP contribution is 2.33. The van der Waals surface area contributed by atoms with Crippen LogP contribution in [-0.4, -0.2) is 37.3 Å². The largest absolute Gasteiger partial charge is 0.490 e. The SMILES string of the molecule is COc1cc(N(C)CCCCCO)c(F)cc1[N+](=O)[O-]. The zero-order valence-electron chi connectivity index (χ0n) is 11.6. The van der Waals surface area contributed by atoms with Gasteiger partial charge >= 0.3 is 5.69 Å². The number of anilines is 1. The second-order valence-corrected chi connectivity index (χ2v) is 4.44. The van der Waals surface area contributed by atoms with Crippen molar-refractivity contribution in [2.24, 2.45) is 0 Å². The number of ether oxygens (including phenoxy) is 1. The molecule has 0 unspecified atom stereocenters. The van der Waals surface area contributed by atoms with Gasteiger partial charge in [0.25, 0.3) is 0 Å². The van der Waals surface area contributed by atoms with Crippen LogP contribution < -0.4 is 9.64 Å². The minimum absolute atomic E-state index is 0.0357. The topological polar surface area (TPSA) is 75.8 Å². The molecule has 0 aliphatic carbocycles. The van der Waals surface area contributed by atoms with Crippen molar-refractivity contribution < 1.29 is 19.2 Å². The molecule has 1 aromatic rings. The number of hydrogen-bond acceptors (Lipinski definition) is 5. The molecule has 20 heavy (non-hydrogen) atoms. The van der Waals surface area contributed by atoms with E-state index in [0.717, 1.165) is 18.9 Å². The third kappa shape index (κ3) is 4.06. The minimum atomic E-state index is -0.674. The first-order valence-corrected chi connectivity index (χ1v) is 6.35. The fraction of sp³-hybridized carbons (Fsp3) is 0.538. The van der Waals surface area contributed by atoms with Crippen molar-refractivity contribution in [3.8, 4) is 5.75 Å². The Labute approximate surface area is 116 Å². The molecular formula is C13H19FN2O4. The fourth-order valence-corrected chi connectivity index (χ4v) is 1.89. The van der Waals surface area contributed by atoms with Gasteiger partial charge in [-0.1, -0.05) is 0 Å². The van der Waals surface area contributed by atoms with Crippen molar-refractivity contribution in [3.63, 3.8) is 0 Å². The Kier molecular flexibility index (Phi) is 6.17. The van der Waals surface area contributed by atoms with E-state index in [1.807, 2.05) is 0 Å². The lowest BCUT2D eigenvalue weighted by Crippen LogP contribution is -2.20. The van der Waals surface area contributed by atoms with E-state index in [1.165, 1.54) is 13.2 Å². The number of benzene rings is 1. The van der Waals surface area contributed by atoms with Crippen molar-refractivity contribution >= 4 is 11.4 Å². The van der Waals surface area contributed by atoms with Gasteiger partial charge in [-0.3, -0.25) is 10.1 Å². The van der Waals surface area contributed by atoms with Gasteiger partial charge in [0.05, 0.1) is 23.8 Å². The summed E-state index contributed by atoms with van der Waals surface area (Å²) in [6.07, 6.45) is 2.35. The van der Waals surface area contributed by atoms with Crippen molar-refractivity contribution in [3.05, 3.63) is 28.1 Å². The van der Waals surface area contributed by atoms with Gasteiger partial charge in [-0.2, -0.15) is 0 Å². The molecule has 1 aromatic carbocycles. The number of hydrogen-bond donors (Lipinski definition) is 1. The highest BCUT2D eigenvalue weighted by molar-refractivity contribution is 5.60. The standard InChI is InChI=1S/C13H19FN2O4/c1-15(6-4-3-5-7-17)11-9-13(20-2)12(16(18)19)8-10(11)14/h8-9,17H,3-7H2,1-2H3. The Hall–Kier alpha value is -1.89. The third-order valence-electron chi connectivity index (χ3n) is 3.01. The average molecular weight is 286 g/mol. The van der Waals surface area contributed by atoms with E-state index >= 15 is 0 Å². The summed E-state index contributed by atoms with van der Waals surface area (Å²) < 4.78 is 18.8. The average Bonchev–Trinajstić information content (AvgIpc) is 2.42. The van der Waals surface area contributed by atoms with Crippen LogP contribution in [0.25, 0.3) is 0 Å². The molecule has 0 radical (unpaired) electrons. The van der Waals surface area contributed by atoms with Crippen LogP contribution in [0.15, 0.2) is 12.1 Å². The molecule has 0 heterocycles. The lowest BCUT2D eigenvalue weighted by Gasteiger charge is -2.20. The Balaban J connectivity index is 2.86. The van der Waals surface area contributed by atoms with Crippen LogP contribution in [0.1, 0.15) is 19.3 Å². The number of aliphatic hydroxyl groups excluding tert-OH is 1. The second-order valence-electron chi connectivity index (χ2n) is 4.44. The molecular weight excluding hydrogens is 267 g/mol. The maximum atomic E-state index is 13.9. The number of methoxy groups -OCH3 is 1. The lowest BCUT2D eigenvalue weighted by molar-refractivity contribution is -0.385. The van der Waals surface area contributed by atoms with Gasteiger partial charge in [0.1, 0.15) is 0 Å². The molecule has 0 bridgehead atoms.